The smallest absolute Gasteiger partial charge is 0.233 e. The lowest BCUT2D eigenvalue weighted by Crippen LogP contribution is -2.49. The Labute approximate surface area is 122 Å². The van der Waals surface area contributed by atoms with Gasteiger partial charge >= 0.3 is 0 Å². The van der Waals surface area contributed by atoms with Crippen molar-refractivity contribution in [1.29, 1.82) is 0 Å². The third-order valence-corrected chi connectivity index (χ3v) is 4.85. The minimum Gasteiger partial charge on any atom is -0.341 e. The van der Waals surface area contributed by atoms with Crippen LogP contribution in [0.2, 0.25) is 0 Å². The molecule has 0 aliphatic carbocycles. The van der Waals surface area contributed by atoms with Crippen LogP contribution in [0.4, 0.5) is 0 Å². The van der Waals surface area contributed by atoms with E-state index in [0.717, 1.165) is 37.9 Å². The molecule has 1 saturated heterocycles. The lowest BCUT2D eigenvalue weighted by atomic mass is 9.74. The second kappa shape index (κ2) is 6.40. The van der Waals surface area contributed by atoms with Crippen molar-refractivity contribution in [2.45, 2.75) is 44.6 Å². The zero-order valence-corrected chi connectivity index (χ0v) is 12.9. The normalized spacial score (nSPS) is 19.1. The van der Waals surface area contributed by atoms with E-state index in [2.05, 4.69) is 31.3 Å². The van der Waals surface area contributed by atoms with Crippen LogP contribution >= 0.6 is 0 Å². The van der Waals surface area contributed by atoms with Gasteiger partial charge in [0, 0.05) is 19.6 Å². The molecule has 1 unspecified atom stereocenters. The van der Waals surface area contributed by atoms with Gasteiger partial charge in [-0.25, -0.2) is 0 Å². The Morgan fingerprint density at radius 3 is 2.45 bits per heavy atom. The van der Waals surface area contributed by atoms with Gasteiger partial charge in [-0.3, -0.25) is 4.79 Å². The zero-order chi connectivity index (χ0) is 14.6. The van der Waals surface area contributed by atoms with E-state index in [1.807, 2.05) is 30.1 Å². The van der Waals surface area contributed by atoms with Crippen LogP contribution in [0.1, 0.15) is 38.7 Å². The molecule has 1 aliphatic rings. The van der Waals surface area contributed by atoms with Crippen LogP contribution in [0.3, 0.4) is 0 Å². The molecule has 2 rings (SSSR count). The molecule has 0 bridgehead atoms. The summed E-state index contributed by atoms with van der Waals surface area (Å²) in [6, 6.07) is 10.6. The van der Waals surface area contributed by atoms with Gasteiger partial charge in [-0.05, 0) is 31.4 Å². The molecule has 1 fully saturated rings. The van der Waals surface area contributed by atoms with Crippen molar-refractivity contribution in [3.8, 4) is 0 Å². The lowest BCUT2D eigenvalue weighted by Gasteiger charge is -2.37. The molecule has 0 radical (unpaired) electrons. The number of hydrogen-bond donors (Lipinski definition) is 1. The first-order chi connectivity index (χ1) is 9.65. The topological polar surface area (TPSA) is 32.3 Å². The molecule has 1 aromatic rings. The van der Waals surface area contributed by atoms with Gasteiger partial charge < -0.3 is 10.2 Å². The SMILES string of the molecule is CCC(CC)(C(=O)N(C)C1CCNC1)c1ccccc1. The summed E-state index contributed by atoms with van der Waals surface area (Å²) in [6.45, 7) is 6.17. The van der Waals surface area contributed by atoms with Crippen LogP contribution < -0.4 is 5.32 Å². The van der Waals surface area contributed by atoms with Gasteiger partial charge in [0.25, 0.3) is 0 Å². The number of rotatable bonds is 5. The van der Waals surface area contributed by atoms with Crippen LogP contribution in [-0.2, 0) is 10.2 Å². The highest BCUT2D eigenvalue weighted by molar-refractivity contribution is 5.88. The summed E-state index contributed by atoms with van der Waals surface area (Å²) in [7, 11) is 1.96. The minimum absolute atomic E-state index is 0.266. The Morgan fingerprint density at radius 1 is 1.30 bits per heavy atom. The fourth-order valence-electron chi connectivity index (χ4n) is 3.31. The van der Waals surface area contributed by atoms with Gasteiger partial charge in [0.1, 0.15) is 0 Å². The molecular weight excluding hydrogens is 248 g/mol. The van der Waals surface area contributed by atoms with Gasteiger partial charge in [0.2, 0.25) is 5.91 Å². The molecule has 0 spiro atoms. The Hall–Kier alpha value is -1.35. The van der Waals surface area contributed by atoms with Crippen molar-refractivity contribution in [1.82, 2.24) is 10.2 Å². The minimum atomic E-state index is -0.376. The highest BCUT2D eigenvalue weighted by Gasteiger charge is 2.40. The van der Waals surface area contributed by atoms with E-state index in [9.17, 15) is 4.79 Å². The molecule has 3 nitrogen and oxygen atoms in total. The van der Waals surface area contributed by atoms with E-state index in [4.69, 9.17) is 0 Å². The lowest BCUT2D eigenvalue weighted by molar-refractivity contribution is -0.138. The molecule has 110 valence electrons. The molecule has 1 heterocycles. The third kappa shape index (κ3) is 2.59. The fourth-order valence-corrected chi connectivity index (χ4v) is 3.31. The number of carbonyl (C=O) groups is 1. The van der Waals surface area contributed by atoms with Crippen molar-refractivity contribution >= 4 is 5.91 Å². The molecule has 1 amide bonds. The molecule has 1 N–H and O–H groups in total. The predicted molar refractivity (Wildman–Crippen MR) is 82.7 cm³/mol. The largest absolute Gasteiger partial charge is 0.341 e. The second-order valence-corrected chi connectivity index (χ2v) is 5.72. The van der Waals surface area contributed by atoms with E-state index in [0.29, 0.717) is 6.04 Å². The number of nitrogens with one attached hydrogen (secondary N) is 1. The average molecular weight is 274 g/mol. The molecule has 1 aromatic carbocycles. The van der Waals surface area contributed by atoms with E-state index >= 15 is 0 Å². The highest BCUT2D eigenvalue weighted by Crippen LogP contribution is 2.34. The van der Waals surface area contributed by atoms with Crippen LogP contribution in [-0.4, -0.2) is 37.0 Å². The van der Waals surface area contributed by atoms with Gasteiger partial charge in [-0.1, -0.05) is 44.2 Å². The molecule has 0 aromatic heterocycles. The summed E-state index contributed by atoms with van der Waals surface area (Å²) >= 11 is 0. The molecule has 1 atom stereocenters. The number of carbonyl (C=O) groups excluding carboxylic acids is 1. The summed E-state index contributed by atoms with van der Waals surface area (Å²) in [5, 5.41) is 3.34. The van der Waals surface area contributed by atoms with Crippen molar-refractivity contribution in [2.24, 2.45) is 0 Å². The molecule has 1 aliphatic heterocycles. The summed E-state index contributed by atoms with van der Waals surface area (Å²) < 4.78 is 0. The summed E-state index contributed by atoms with van der Waals surface area (Å²) in [6.07, 6.45) is 2.74. The van der Waals surface area contributed by atoms with Crippen molar-refractivity contribution < 1.29 is 4.79 Å². The predicted octanol–water partition coefficient (Wildman–Crippen LogP) is 2.56. The molecule has 3 heteroatoms. The van der Waals surface area contributed by atoms with E-state index in [1.165, 1.54) is 0 Å². The standard InChI is InChI=1S/C17H26N2O/c1-4-17(5-2,14-9-7-6-8-10-14)16(20)19(3)15-11-12-18-13-15/h6-10,15,18H,4-5,11-13H2,1-3H3. The summed E-state index contributed by atoms with van der Waals surface area (Å²) in [5.74, 6) is 0.266. The maximum Gasteiger partial charge on any atom is 0.233 e. The highest BCUT2D eigenvalue weighted by atomic mass is 16.2. The van der Waals surface area contributed by atoms with Gasteiger partial charge in [0.05, 0.1) is 5.41 Å². The molecule has 20 heavy (non-hydrogen) atoms. The van der Waals surface area contributed by atoms with Crippen LogP contribution in [0.15, 0.2) is 30.3 Å². The first-order valence-corrected chi connectivity index (χ1v) is 7.69. The van der Waals surface area contributed by atoms with Crippen LogP contribution in [0.25, 0.3) is 0 Å². The monoisotopic (exact) mass is 274 g/mol. The molecule has 0 saturated carbocycles. The average Bonchev–Trinajstić information content (AvgIpc) is 3.03. The number of hydrogen-bond acceptors (Lipinski definition) is 2. The van der Waals surface area contributed by atoms with E-state index in [-0.39, 0.29) is 11.3 Å². The Morgan fingerprint density at radius 2 is 1.95 bits per heavy atom. The van der Waals surface area contributed by atoms with E-state index < -0.39 is 0 Å². The van der Waals surface area contributed by atoms with Gasteiger partial charge in [0.15, 0.2) is 0 Å². The fraction of sp³-hybridized carbons (Fsp3) is 0.588. The van der Waals surface area contributed by atoms with Gasteiger partial charge in [-0.15, -0.1) is 0 Å². The summed E-state index contributed by atoms with van der Waals surface area (Å²) in [5.41, 5.74) is 0.770. The maximum absolute atomic E-state index is 13.1. The third-order valence-electron chi connectivity index (χ3n) is 4.85. The quantitative estimate of drug-likeness (QED) is 0.895. The van der Waals surface area contributed by atoms with E-state index in [1.54, 1.807) is 0 Å². The second-order valence-electron chi connectivity index (χ2n) is 5.72. The van der Waals surface area contributed by atoms with Crippen molar-refractivity contribution in [2.75, 3.05) is 20.1 Å². The van der Waals surface area contributed by atoms with Crippen LogP contribution in [0.5, 0.6) is 0 Å². The number of likely N-dealkylation sites (N-methyl/N-ethyl adjacent to an activating group) is 1. The first-order valence-electron chi connectivity index (χ1n) is 7.69. The Balaban J connectivity index is 2.30. The zero-order valence-electron chi connectivity index (χ0n) is 12.9. The van der Waals surface area contributed by atoms with Crippen LogP contribution in [0, 0.1) is 0 Å². The number of benzene rings is 1. The van der Waals surface area contributed by atoms with Gasteiger partial charge in [-0.2, -0.15) is 0 Å². The van der Waals surface area contributed by atoms with Crippen molar-refractivity contribution in [3.05, 3.63) is 35.9 Å². The Bertz CT molecular complexity index is 434. The number of nitrogens with zero attached hydrogens (tertiary/aromatic N) is 1. The Kier molecular flexibility index (Phi) is 4.81. The molecular formula is C17H26N2O. The van der Waals surface area contributed by atoms with Crippen molar-refractivity contribution in [3.63, 3.8) is 0 Å². The number of amides is 1. The first kappa shape index (κ1) is 15.0. The maximum atomic E-state index is 13.1. The summed E-state index contributed by atoms with van der Waals surface area (Å²) in [4.78, 5) is 15.1.